The second-order valence-electron chi connectivity index (χ2n) is 7.06. The fourth-order valence-corrected chi connectivity index (χ4v) is 3.34. The van der Waals surface area contributed by atoms with Crippen LogP contribution < -0.4 is 0 Å². The van der Waals surface area contributed by atoms with Gasteiger partial charge in [0.25, 0.3) is 0 Å². The molecule has 0 saturated carbocycles. The van der Waals surface area contributed by atoms with Crippen LogP contribution in [0.1, 0.15) is 61.5 Å². The maximum atomic E-state index is 11.6. The lowest BCUT2D eigenvalue weighted by Crippen LogP contribution is -2.18. The topological polar surface area (TPSA) is 26.3 Å². The van der Waals surface area contributed by atoms with E-state index in [-0.39, 0.29) is 11.4 Å². The van der Waals surface area contributed by atoms with Gasteiger partial charge in [0.05, 0.1) is 12.7 Å². The molecular formula is C22H26O2. The fourth-order valence-electron chi connectivity index (χ4n) is 3.34. The van der Waals surface area contributed by atoms with Crippen LogP contribution in [0.25, 0.3) is 0 Å². The molecule has 24 heavy (non-hydrogen) atoms. The molecule has 0 spiro atoms. The summed E-state index contributed by atoms with van der Waals surface area (Å²) in [5, 5.41) is 0. The van der Waals surface area contributed by atoms with Crippen molar-refractivity contribution < 1.29 is 9.53 Å². The number of esters is 1. The third-order valence-corrected chi connectivity index (χ3v) is 4.72. The molecule has 0 N–H and O–H groups in total. The Labute approximate surface area is 145 Å². The molecule has 1 aliphatic rings. The Morgan fingerprint density at radius 2 is 2.04 bits per heavy atom. The lowest BCUT2D eigenvalue weighted by atomic mass is 9.73. The van der Waals surface area contributed by atoms with E-state index in [1.54, 1.807) is 6.07 Å². The maximum absolute atomic E-state index is 11.6. The first-order valence-corrected chi connectivity index (χ1v) is 8.42. The molecule has 0 bridgehead atoms. The van der Waals surface area contributed by atoms with Gasteiger partial charge in [-0.15, -0.1) is 0 Å². The van der Waals surface area contributed by atoms with E-state index in [2.05, 4.69) is 38.7 Å². The summed E-state index contributed by atoms with van der Waals surface area (Å²) in [5.74, 6) is 5.94. The van der Waals surface area contributed by atoms with E-state index < -0.39 is 0 Å². The summed E-state index contributed by atoms with van der Waals surface area (Å²) in [7, 11) is 1.39. The van der Waals surface area contributed by atoms with E-state index in [1.807, 2.05) is 25.1 Å². The van der Waals surface area contributed by atoms with Crippen LogP contribution in [0.5, 0.6) is 0 Å². The predicted octanol–water partition coefficient (Wildman–Crippen LogP) is 5.22. The lowest BCUT2D eigenvalue weighted by Gasteiger charge is -2.32. The fraction of sp³-hybridized carbons (Fsp3) is 0.409. The first-order valence-electron chi connectivity index (χ1n) is 8.42. The van der Waals surface area contributed by atoms with Gasteiger partial charge in [-0.25, -0.2) is 4.79 Å². The van der Waals surface area contributed by atoms with Crippen molar-refractivity contribution in [3.05, 3.63) is 58.2 Å². The summed E-state index contributed by atoms with van der Waals surface area (Å²) in [6.07, 6.45) is 7.79. The van der Waals surface area contributed by atoms with Crippen molar-refractivity contribution in [2.24, 2.45) is 5.41 Å². The van der Waals surface area contributed by atoms with E-state index in [4.69, 9.17) is 4.74 Å². The Hall–Kier alpha value is -2.27. The number of rotatable bonds is 2. The number of carbonyl (C=O) groups is 1. The van der Waals surface area contributed by atoms with Crippen LogP contribution >= 0.6 is 0 Å². The second-order valence-corrected chi connectivity index (χ2v) is 7.06. The molecular weight excluding hydrogens is 296 g/mol. The molecule has 2 heteroatoms. The van der Waals surface area contributed by atoms with Crippen LogP contribution in [0.15, 0.2) is 41.5 Å². The van der Waals surface area contributed by atoms with Gasteiger partial charge in [-0.2, -0.15) is 0 Å². The molecule has 1 aliphatic carbocycles. The van der Waals surface area contributed by atoms with Gasteiger partial charge >= 0.3 is 5.97 Å². The maximum Gasteiger partial charge on any atom is 0.338 e. The normalized spacial score (nSPS) is 16.7. The summed E-state index contributed by atoms with van der Waals surface area (Å²) in [6.45, 7) is 8.73. The highest BCUT2D eigenvalue weighted by molar-refractivity contribution is 5.91. The Morgan fingerprint density at radius 1 is 1.29 bits per heavy atom. The van der Waals surface area contributed by atoms with Crippen molar-refractivity contribution in [3.8, 4) is 11.8 Å². The number of ether oxygens (including phenoxy) is 1. The molecule has 2 rings (SSSR count). The number of hydrogen-bond donors (Lipinski definition) is 0. The number of methoxy groups -OCH3 is 1. The minimum Gasteiger partial charge on any atom is -0.465 e. The molecule has 0 saturated heterocycles. The molecule has 0 aromatic heterocycles. The SMILES string of the molecule is COC(=O)c1ccc(C#C/C=C/C2=C(C)CCCC2(C)C)cc1C. The van der Waals surface area contributed by atoms with Crippen molar-refractivity contribution in [2.75, 3.05) is 7.11 Å². The van der Waals surface area contributed by atoms with Gasteiger partial charge in [-0.05, 0) is 73.9 Å². The van der Waals surface area contributed by atoms with E-state index in [0.29, 0.717) is 5.56 Å². The standard InChI is InChI=1S/C22H26O2/c1-16-9-8-14-22(3,4)20(16)11-7-6-10-18-12-13-19(17(2)15-18)21(23)24-5/h7,11-13,15H,8-9,14H2,1-5H3/b11-7+. The molecule has 0 amide bonds. The van der Waals surface area contributed by atoms with E-state index >= 15 is 0 Å². The summed E-state index contributed by atoms with van der Waals surface area (Å²) >= 11 is 0. The van der Waals surface area contributed by atoms with Gasteiger partial charge in [-0.1, -0.05) is 37.3 Å². The molecule has 126 valence electrons. The monoisotopic (exact) mass is 322 g/mol. The van der Waals surface area contributed by atoms with Gasteiger partial charge in [0.15, 0.2) is 0 Å². The highest BCUT2D eigenvalue weighted by Crippen LogP contribution is 2.40. The van der Waals surface area contributed by atoms with Crippen LogP contribution in [0, 0.1) is 24.2 Å². The molecule has 0 atom stereocenters. The third-order valence-electron chi connectivity index (χ3n) is 4.72. The van der Waals surface area contributed by atoms with Crippen LogP contribution in [-0.2, 0) is 4.74 Å². The summed E-state index contributed by atoms with van der Waals surface area (Å²) in [4.78, 5) is 11.6. The van der Waals surface area contributed by atoms with Crippen molar-refractivity contribution >= 4 is 5.97 Å². The third kappa shape index (κ3) is 4.17. The number of allylic oxidation sites excluding steroid dienone is 4. The van der Waals surface area contributed by atoms with Gasteiger partial charge in [0.1, 0.15) is 0 Å². The molecule has 0 fully saturated rings. The highest BCUT2D eigenvalue weighted by Gasteiger charge is 2.26. The molecule has 0 aliphatic heterocycles. The van der Waals surface area contributed by atoms with Gasteiger partial charge in [0, 0.05) is 5.56 Å². The number of hydrogen-bond acceptors (Lipinski definition) is 2. The summed E-state index contributed by atoms with van der Waals surface area (Å²) < 4.78 is 4.76. The average molecular weight is 322 g/mol. The first-order chi connectivity index (χ1) is 11.3. The van der Waals surface area contributed by atoms with Gasteiger partial charge < -0.3 is 4.74 Å². The zero-order valence-electron chi connectivity index (χ0n) is 15.3. The Kier molecular flexibility index (Phi) is 5.67. The minimum absolute atomic E-state index is 0.235. The Balaban J connectivity index is 2.16. The summed E-state index contributed by atoms with van der Waals surface area (Å²) in [6, 6.07) is 5.54. The zero-order chi connectivity index (χ0) is 17.7. The van der Waals surface area contributed by atoms with E-state index in [1.165, 1.54) is 37.5 Å². The molecule has 1 aromatic carbocycles. The Bertz CT molecular complexity index is 752. The van der Waals surface area contributed by atoms with E-state index in [0.717, 1.165) is 11.1 Å². The van der Waals surface area contributed by atoms with Crippen molar-refractivity contribution in [3.63, 3.8) is 0 Å². The summed E-state index contributed by atoms with van der Waals surface area (Å²) in [5.41, 5.74) is 5.49. The lowest BCUT2D eigenvalue weighted by molar-refractivity contribution is 0.0600. The molecule has 2 nitrogen and oxygen atoms in total. The van der Waals surface area contributed by atoms with Crippen LogP contribution in [0.3, 0.4) is 0 Å². The predicted molar refractivity (Wildman–Crippen MR) is 98.9 cm³/mol. The number of carbonyl (C=O) groups excluding carboxylic acids is 1. The molecule has 1 aromatic rings. The second kappa shape index (κ2) is 7.53. The first kappa shape index (κ1) is 18.1. The van der Waals surface area contributed by atoms with Crippen LogP contribution in [0.2, 0.25) is 0 Å². The highest BCUT2D eigenvalue weighted by atomic mass is 16.5. The van der Waals surface area contributed by atoms with Gasteiger partial charge in [0.2, 0.25) is 0 Å². The van der Waals surface area contributed by atoms with Gasteiger partial charge in [-0.3, -0.25) is 0 Å². The van der Waals surface area contributed by atoms with Crippen molar-refractivity contribution in [1.29, 1.82) is 0 Å². The molecule has 0 unspecified atom stereocenters. The number of aryl methyl sites for hydroxylation is 1. The Morgan fingerprint density at radius 3 is 2.67 bits per heavy atom. The molecule has 0 radical (unpaired) electrons. The van der Waals surface area contributed by atoms with Crippen LogP contribution in [-0.4, -0.2) is 13.1 Å². The quantitative estimate of drug-likeness (QED) is 0.551. The largest absolute Gasteiger partial charge is 0.465 e. The minimum atomic E-state index is -0.311. The smallest absolute Gasteiger partial charge is 0.338 e. The van der Waals surface area contributed by atoms with Crippen LogP contribution in [0.4, 0.5) is 0 Å². The zero-order valence-corrected chi connectivity index (χ0v) is 15.3. The van der Waals surface area contributed by atoms with Crippen molar-refractivity contribution in [2.45, 2.75) is 47.0 Å². The average Bonchev–Trinajstić information content (AvgIpc) is 2.52. The molecule has 0 heterocycles. The van der Waals surface area contributed by atoms with Crippen molar-refractivity contribution in [1.82, 2.24) is 0 Å². The number of benzene rings is 1. The van der Waals surface area contributed by atoms with E-state index in [9.17, 15) is 4.79 Å².